The van der Waals surface area contributed by atoms with Crippen LogP contribution in [-0.2, 0) is 4.74 Å². The van der Waals surface area contributed by atoms with Crippen molar-refractivity contribution in [1.82, 2.24) is 14.8 Å². The minimum atomic E-state index is 0.103. The third kappa shape index (κ3) is 4.95. The first-order valence-corrected chi connectivity index (χ1v) is 10.0. The maximum Gasteiger partial charge on any atom is 0.255 e. The van der Waals surface area contributed by atoms with Gasteiger partial charge in [-0.05, 0) is 38.3 Å². The third-order valence-electron chi connectivity index (χ3n) is 5.44. The molecule has 2 aliphatic rings. The van der Waals surface area contributed by atoms with Gasteiger partial charge in [-0.15, -0.1) is 0 Å². The van der Waals surface area contributed by atoms with E-state index in [0.717, 1.165) is 70.9 Å². The lowest BCUT2D eigenvalue weighted by Crippen LogP contribution is -2.50. The van der Waals surface area contributed by atoms with E-state index in [1.807, 2.05) is 17.0 Å². The van der Waals surface area contributed by atoms with Gasteiger partial charge in [-0.2, -0.15) is 0 Å². The fourth-order valence-corrected chi connectivity index (χ4v) is 3.92. The van der Waals surface area contributed by atoms with E-state index in [0.29, 0.717) is 17.6 Å². The van der Waals surface area contributed by atoms with Crippen LogP contribution in [0.4, 0.5) is 5.82 Å². The van der Waals surface area contributed by atoms with Crippen LogP contribution in [0.1, 0.15) is 49.9 Å². The zero-order chi connectivity index (χ0) is 18.4. The van der Waals surface area contributed by atoms with Crippen LogP contribution in [0.3, 0.4) is 0 Å². The number of ether oxygens (including phenoxy) is 1. The first-order valence-electron chi connectivity index (χ1n) is 10.0. The van der Waals surface area contributed by atoms with Crippen LogP contribution in [-0.4, -0.2) is 72.2 Å². The molecule has 2 saturated heterocycles. The summed E-state index contributed by atoms with van der Waals surface area (Å²) in [7, 11) is 0. The highest BCUT2D eigenvalue weighted by Gasteiger charge is 2.28. The Kier molecular flexibility index (Phi) is 6.86. The minimum absolute atomic E-state index is 0.103. The quantitative estimate of drug-likeness (QED) is 0.845. The lowest BCUT2D eigenvalue weighted by molar-refractivity contribution is 0.00158. The second-order valence-corrected chi connectivity index (χ2v) is 7.44. The average molecular weight is 361 g/mol. The normalized spacial score (nSPS) is 20.8. The van der Waals surface area contributed by atoms with Crippen LogP contribution >= 0.6 is 0 Å². The molecule has 0 radical (unpaired) electrons. The first-order chi connectivity index (χ1) is 12.7. The number of amides is 1. The van der Waals surface area contributed by atoms with Crippen LogP contribution < -0.4 is 5.32 Å². The molecule has 0 spiro atoms. The van der Waals surface area contributed by atoms with Gasteiger partial charge in [0.05, 0.1) is 18.8 Å². The molecule has 0 aromatic carbocycles. The van der Waals surface area contributed by atoms with Crippen molar-refractivity contribution >= 4 is 11.7 Å². The molecule has 1 aromatic rings. The average Bonchev–Trinajstić information content (AvgIpc) is 2.69. The van der Waals surface area contributed by atoms with Crippen LogP contribution in [0.5, 0.6) is 0 Å². The summed E-state index contributed by atoms with van der Waals surface area (Å²) in [5, 5.41) is 3.38. The molecule has 0 aliphatic carbocycles. The Hall–Kier alpha value is -1.66. The molecule has 1 unspecified atom stereocenters. The molecule has 6 nitrogen and oxygen atoms in total. The summed E-state index contributed by atoms with van der Waals surface area (Å²) in [6, 6.07) is 4.80. The molecule has 0 bridgehead atoms. The maximum atomic E-state index is 12.8. The van der Waals surface area contributed by atoms with E-state index in [-0.39, 0.29) is 5.91 Å². The van der Waals surface area contributed by atoms with Crippen molar-refractivity contribution < 1.29 is 9.53 Å². The van der Waals surface area contributed by atoms with Gasteiger partial charge in [0.2, 0.25) is 0 Å². The molecular formula is C20H32N4O2. The fraction of sp³-hybridized carbons (Fsp3) is 0.700. The topological polar surface area (TPSA) is 57.7 Å². The first kappa shape index (κ1) is 19.1. The molecule has 1 amide bonds. The number of hydrogen-bond acceptors (Lipinski definition) is 5. The molecule has 2 aliphatic heterocycles. The highest BCUT2D eigenvalue weighted by Crippen LogP contribution is 2.20. The number of anilines is 1. The van der Waals surface area contributed by atoms with E-state index in [1.54, 1.807) is 6.20 Å². The third-order valence-corrected chi connectivity index (χ3v) is 5.44. The van der Waals surface area contributed by atoms with Crippen molar-refractivity contribution in [3.63, 3.8) is 0 Å². The van der Waals surface area contributed by atoms with Gasteiger partial charge in [0.25, 0.3) is 5.91 Å². The molecule has 3 rings (SSSR count). The summed E-state index contributed by atoms with van der Waals surface area (Å²) in [6.45, 7) is 9.70. The predicted molar refractivity (Wildman–Crippen MR) is 104 cm³/mol. The van der Waals surface area contributed by atoms with Gasteiger partial charge in [0, 0.05) is 44.5 Å². The summed E-state index contributed by atoms with van der Waals surface area (Å²) in [5.41, 5.74) is 0.684. The van der Waals surface area contributed by atoms with E-state index in [9.17, 15) is 4.79 Å². The number of piperidine rings is 1. The van der Waals surface area contributed by atoms with E-state index in [4.69, 9.17) is 4.74 Å². The van der Waals surface area contributed by atoms with Gasteiger partial charge < -0.3 is 15.0 Å². The molecule has 26 heavy (non-hydrogen) atoms. The van der Waals surface area contributed by atoms with E-state index < -0.39 is 0 Å². The number of nitrogens with one attached hydrogen (secondary N) is 1. The number of carbonyl (C=O) groups is 1. The number of nitrogens with zero attached hydrogens (tertiary/aromatic N) is 3. The number of carbonyl (C=O) groups excluding carboxylic acids is 1. The summed E-state index contributed by atoms with van der Waals surface area (Å²) in [5.74, 6) is 0.944. The molecule has 0 saturated carbocycles. The Morgan fingerprint density at radius 2 is 2.00 bits per heavy atom. The highest BCUT2D eigenvalue weighted by molar-refractivity contribution is 5.94. The predicted octanol–water partition coefficient (Wildman–Crippen LogP) is 2.62. The van der Waals surface area contributed by atoms with Gasteiger partial charge in [0.15, 0.2) is 0 Å². The summed E-state index contributed by atoms with van der Waals surface area (Å²) in [4.78, 5) is 21.7. The number of aromatic nitrogens is 1. The smallest absolute Gasteiger partial charge is 0.255 e. The largest absolute Gasteiger partial charge is 0.379 e. The lowest BCUT2D eigenvalue weighted by atomic mass is 10.0. The fourth-order valence-electron chi connectivity index (χ4n) is 3.92. The Morgan fingerprint density at radius 3 is 2.62 bits per heavy atom. The number of morpholine rings is 1. The molecule has 1 N–H and O–H groups in total. The van der Waals surface area contributed by atoms with Crippen molar-refractivity contribution in [2.75, 3.05) is 44.7 Å². The van der Waals surface area contributed by atoms with Gasteiger partial charge in [-0.3, -0.25) is 9.69 Å². The standard InChI is InChI=1S/C20H32N4O2/c1-3-4-16(2)22-19-6-5-17(15-21-19)20(25)24-9-7-18(8-10-24)23-11-13-26-14-12-23/h5-6,15-16,18H,3-4,7-14H2,1-2H3,(H,21,22). The second-order valence-electron chi connectivity index (χ2n) is 7.44. The van der Waals surface area contributed by atoms with Crippen molar-refractivity contribution in [2.24, 2.45) is 0 Å². The molecule has 1 aromatic heterocycles. The van der Waals surface area contributed by atoms with Gasteiger partial charge in [-0.25, -0.2) is 4.98 Å². The molecule has 2 fully saturated rings. The van der Waals surface area contributed by atoms with Crippen molar-refractivity contribution in [3.8, 4) is 0 Å². The molecule has 3 heterocycles. The lowest BCUT2D eigenvalue weighted by Gasteiger charge is -2.40. The molecule has 6 heteroatoms. The van der Waals surface area contributed by atoms with E-state index in [1.165, 1.54) is 0 Å². The number of pyridine rings is 1. The van der Waals surface area contributed by atoms with Crippen molar-refractivity contribution in [1.29, 1.82) is 0 Å². The maximum absolute atomic E-state index is 12.8. The van der Waals surface area contributed by atoms with E-state index in [2.05, 4.69) is 29.0 Å². The van der Waals surface area contributed by atoms with Gasteiger partial charge in [-0.1, -0.05) is 13.3 Å². The highest BCUT2D eigenvalue weighted by atomic mass is 16.5. The minimum Gasteiger partial charge on any atom is -0.379 e. The van der Waals surface area contributed by atoms with Crippen LogP contribution in [0.25, 0.3) is 0 Å². The van der Waals surface area contributed by atoms with Crippen LogP contribution in [0, 0.1) is 0 Å². The van der Waals surface area contributed by atoms with Crippen molar-refractivity contribution in [3.05, 3.63) is 23.9 Å². The molecular weight excluding hydrogens is 328 g/mol. The Bertz CT molecular complexity index is 564. The molecule has 144 valence electrons. The van der Waals surface area contributed by atoms with Crippen LogP contribution in [0.15, 0.2) is 18.3 Å². The summed E-state index contributed by atoms with van der Waals surface area (Å²) >= 11 is 0. The Morgan fingerprint density at radius 1 is 1.27 bits per heavy atom. The monoisotopic (exact) mass is 360 g/mol. The Balaban J connectivity index is 1.50. The molecule has 1 atom stereocenters. The zero-order valence-corrected chi connectivity index (χ0v) is 16.1. The number of rotatable bonds is 6. The Labute approximate surface area is 156 Å². The SMILES string of the molecule is CCCC(C)Nc1ccc(C(=O)N2CCC(N3CCOCC3)CC2)cn1. The van der Waals surface area contributed by atoms with Crippen molar-refractivity contribution in [2.45, 2.75) is 51.6 Å². The summed E-state index contributed by atoms with van der Waals surface area (Å²) < 4.78 is 5.44. The van der Waals surface area contributed by atoms with E-state index >= 15 is 0 Å². The van der Waals surface area contributed by atoms with Crippen LogP contribution in [0.2, 0.25) is 0 Å². The van der Waals surface area contributed by atoms with Gasteiger partial charge >= 0.3 is 0 Å². The summed E-state index contributed by atoms with van der Waals surface area (Å²) in [6.07, 6.45) is 6.06. The zero-order valence-electron chi connectivity index (χ0n) is 16.1. The number of hydrogen-bond donors (Lipinski definition) is 1. The number of likely N-dealkylation sites (tertiary alicyclic amines) is 1. The second kappa shape index (κ2) is 9.33. The van der Waals surface area contributed by atoms with Gasteiger partial charge in [0.1, 0.15) is 5.82 Å².